The highest BCUT2D eigenvalue weighted by Crippen LogP contribution is 2.21. The van der Waals surface area contributed by atoms with Crippen LogP contribution in [0.15, 0.2) is 18.5 Å². The zero-order valence-corrected chi connectivity index (χ0v) is 12.6. The second-order valence-electron chi connectivity index (χ2n) is 4.21. The first-order chi connectivity index (χ1) is 9.51. The normalized spacial score (nSPS) is 12.2. The molecule has 0 radical (unpaired) electrons. The van der Waals surface area contributed by atoms with Crippen LogP contribution in [-0.4, -0.2) is 15.9 Å². The minimum absolute atomic E-state index is 0.0192. The van der Waals surface area contributed by atoms with Crippen LogP contribution >= 0.6 is 22.9 Å². The number of carbonyl (C=O) groups is 1. The second kappa shape index (κ2) is 6.28. The molecule has 1 amide bonds. The van der Waals surface area contributed by atoms with Crippen molar-refractivity contribution in [2.45, 2.75) is 26.3 Å². The number of aromatic nitrogens is 2. The number of amides is 1. The maximum absolute atomic E-state index is 13.1. The van der Waals surface area contributed by atoms with E-state index >= 15 is 0 Å². The van der Waals surface area contributed by atoms with Crippen molar-refractivity contribution in [3.8, 4) is 0 Å². The van der Waals surface area contributed by atoms with E-state index in [1.54, 1.807) is 6.20 Å². The SMILES string of the molecule is CCc1cnc(C(C)NC(=O)c2cc(F)cnc2Cl)s1. The smallest absolute Gasteiger partial charge is 0.255 e. The Morgan fingerprint density at radius 3 is 2.90 bits per heavy atom. The predicted molar refractivity (Wildman–Crippen MR) is 76.6 cm³/mol. The summed E-state index contributed by atoms with van der Waals surface area (Å²) in [5.41, 5.74) is 0.0192. The first-order valence-electron chi connectivity index (χ1n) is 6.07. The summed E-state index contributed by atoms with van der Waals surface area (Å²) in [7, 11) is 0. The van der Waals surface area contributed by atoms with Crippen LogP contribution in [0.25, 0.3) is 0 Å². The van der Waals surface area contributed by atoms with Gasteiger partial charge in [0.15, 0.2) is 0 Å². The zero-order valence-electron chi connectivity index (χ0n) is 11.0. The van der Waals surface area contributed by atoms with Crippen molar-refractivity contribution in [1.29, 1.82) is 0 Å². The van der Waals surface area contributed by atoms with Gasteiger partial charge in [0, 0.05) is 11.1 Å². The molecular formula is C13H13ClFN3OS. The monoisotopic (exact) mass is 313 g/mol. The minimum Gasteiger partial charge on any atom is -0.343 e. The molecule has 0 fully saturated rings. The number of nitrogens with zero attached hydrogens (tertiary/aromatic N) is 2. The van der Waals surface area contributed by atoms with E-state index < -0.39 is 11.7 Å². The van der Waals surface area contributed by atoms with E-state index in [1.165, 1.54) is 11.3 Å². The van der Waals surface area contributed by atoms with Crippen molar-refractivity contribution < 1.29 is 9.18 Å². The van der Waals surface area contributed by atoms with Crippen molar-refractivity contribution in [1.82, 2.24) is 15.3 Å². The third-order valence-electron chi connectivity index (χ3n) is 2.69. The summed E-state index contributed by atoms with van der Waals surface area (Å²) in [6.45, 7) is 3.86. The highest BCUT2D eigenvalue weighted by atomic mass is 35.5. The molecule has 20 heavy (non-hydrogen) atoms. The van der Waals surface area contributed by atoms with Gasteiger partial charge in [-0.25, -0.2) is 14.4 Å². The lowest BCUT2D eigenvalue weighted by Gasteiger charge is -2.11. The Morgan fingerprint density at radius 2 is 2.25 bits per heavy atom. The number of pyridine rings is 1. The molecule has 0 saturated heterocycles. The third kappa shape index (κ3) is 3.32. The lowest BCUT2D eigenvalue weighted by Crippen LogP contribution is -2.27. The number of nitrogens with one attached hydrogen (secondary N) is 1. The molecule has 0 saturated carbocycles. The summed E-state index contributed by atoms with van der Waals surface area (Å²) in [4.78, 5) is 21.1. The maximum atomic E-state index is 13.1. The first-order valence-corrected chi connectivity index (χ1v) is 7.27. The number of carbonyl (C=O) groups excluding carboxylic acids is 1. The van der Waals surface area contributed by atoms with Crippen LogP contribution in [0.3, 0.4) is 0 Å². The molecule has 106 valence electrons. The molecule has 1 unspecified atom stereocenters. The Labute approximate surface area is 125 Å². The highest BCUT2D eigenvalue weighted by Gasteiger charge is 2.17. The number of hydrogen-bond acceptors (Lipinski definition) is 4. The Kier molecular flexibility index (Phi) is 4.67. The first kappa shape index (κ1) is 14.9. The minimum atomic E-state index is -0.602. The van der Waals surface area contributed by atoms with E-state index in [0.717, 1.165) is 28.6 Å². The van der Waals surface area contributed by atoms with Crippen LogP contribution < -0.4 is 5.32 Å². The molecule has 4 nitrogen and oxygen atoms in total. The highest BCUT2D eigenvalue weighted by molar-refractivity contribution is 7.11. The molecule has 2 heterocycles. The molecule has 1 N–H and O–H groups in total. The van der Waals surface area contributed by atoms with E-state index in [0.29, 0.717) is 0 Å². The molecule has 0 spiro atoms. The predicted octanol–water partition coefficient (Wildman–Crippen LogP) is 3.38. The average molecular weight is 314 g/mol. The summed E-state index contributed by atoms with van der Waals surface area (Å²) in [6, 6.07) is 0.795. The number of halogens is 2. The fourth-order valence-electron chi connectivity index (χ4n) is 1.60. The van der Waals surface area contributed by atoms with Crippen LogP contribution in [-0.2, 0) is 6.42 Å². The Morgan fingerprint density at radius 1 is 1.50 bits per heavy atom. The van der Waals surface area contributed by atoms with Crippen LogP contribution in [0.5, 0.6) is 0 Å². The molecule has 2 aromatic rings. The van der Waals surface area contributed by atoms with Gasteiger partial charge in [-0.2, -0.15) is 0 Å². The molecule has 0 aliphatic carbocycles. The van der Waals surface area contributed by atoms with E-state index in [9.17, 15) is 9.18 Å². The van der Waals surface area contributed by atoms with Gasteiger partial charge >= 0.3 is 0 Å². The fraction of sp³-hybridized carbons (Fsp3) is 0.308. The van der Waals surface area contributed by atoms with Crippen molar-refractivity contribution in [3.63, 3.8) is 0 Å². The number of thiazole rings is 1. The Bertz CT molecular complexity index is 632. The summed E-state index contributed by atoms with van der Waals surface area (Å²) in [5, 5.41) is 3.51. The number of rotatable bonds is 4. The molecule has 7 heteroatoms. The Hall–Kier alpha value is -1.53. The topological polar surface area (TPSA) is 54.9 Å². The maximum Gasteiger partial charge on any atom is 0.255 e. The van der Waals surface area contributed by atoms with Crippen LogP contribution in [0, 0.1) is 5.82 Å². The number of hydrogen-bond donors (Lipinski definition) is 1. The summed E-state index contributed by atoms with van der Waals surface area (Å²) < 4.78 is 13.1. The molecular weight excluding hydrogens is 301 g/mol. The van der Waals surface area contributed by atoms with Crippen molar-refractivity contribution in [2.24, 2.45) is 0 Å². The molecule has 0 aromatic carbocycles. The Balaban J connectivity index is 2.12. The van der Waals surface area contributed by atoms with Crippen LogP contribution in [0.4, 0.5) is 4.39 Å². The second-order valence-corrected chi connectivity index (χ2v) is 5.71. The van der Waals surface area contributed by atoms with Crippen molar-refractivity contribution in [3.05, 3.63) is 44.9 Å². The van der Waals surface area contributed by atoms with Crippen molar-refractivity contribution >= 4 is 28.8 Å². The lowest BCUT2D eigenvalue weighted by molar-refractivity contribution is 0.0939. The van der Waals surface area contributed by atoms with Gasteiger partial charge in [0.2, 0.25) is 0 Å². The molecule has 2 rings (SSSR count). The van der Waals surface area contributed by atoms with Gasteiger partial charge in [-0.1, -0.05) is 18.5 Å². The molecule has 2 aromatic heterocycles. The van der Waals surface area contributed by atoms with Gasteiger partial charge in [-0.15, -0.1) is 11.3 Å². The van der Waals surface area contributed by atoms with Crippen LogP contribution in [0.2, 0.25) is 5.15 Å². The van der Waals surface area contributed by atoms with E-state index in [1.807, 2.05) is 13.8 Å². The van der Waals surface area contributed by atoms with Gasteiger partial charge in [0.1, 0.15) is 16.0 Å². The molecule has 0 bridgehead atoms. The van der Waals surface area contributed by atoms with Gasteiger partial charge in [-0.3, -0.25) is 4.79 Å². The van der Waals surface area contributed by atoms with E-state index in [-0.39, 0.29) is 16.8 Å². The van der Waals surface area contributed by atoms with Crippen molar-refractivity contribution in [2.75, 3.05) is 0 Å². The molecule has 1 atom stereocenters. The third-order valence-corrected chi connectivity index (χ3v) is 4.31. The van der Waals surface area contributed by atoms with Gasteiger partial charge in [-0.05, 0) is 19.4 Å². The summed E-state index contributed by atoms with van der Waals surface area (Å²) in [6.07, 6.45) is 3.66. The van der Waals surface area contributed by atoms with Crippen LogP contribution in [0.1, 0.15) is 40.1 Å². The zero-order chi connectivity index (χ0) is 14.7. The molecule has 0 aliphatic heterocycles. The lowest BCUT2D eigenvalue weighted by atomic mass is 10.2. The molecule has 0 aliphatic rings. The van der Waals surface area contributed by atoms with Gasteiger partial charge < -0.3 is 5.32 Å². The van der Waals surface area contributed by atoms with Gasteiger partial charge in [0.25, 0.3) is 5.91 Å². The largest absolute Gasteiger partial charge is 0.343 e. The quantitative estimate of drug-likeness (QED) is 0.880. The van der Waals surface area contributed by atoms with E-state index in [4.69, 9.17) is 11.6 Å². The standard InChI is InChI=1S/C13H13ClFN3OS/c1-3-9-6-17-13(20-9)7(2)18-12(19)10-4-8(15)5-16-11(10)14/h4-7H,3H2,1-2H3,(H,18,19). The average Bonchev–Trinajstić information content (AvgIpc) is 2.90. The summed E-state index contributed by atoms with van der Waals surface area (Å²) >= 11 is 7.33. The number of aryl methyl sites for hydroxylation is 1. The fourth-order valence-corrected chi connectivity index (χ4v) is 2.65. The van der Waals surface area contributed by atoms with Gasteiger partial charge in [0.05, 0.1) is 17.8 Å². The van der Waals surface area contributed by atoms with E-state index in [2.05, 4.69) is 15.3 Å². The summed E-state index contributed by atoms with van der Waals surface area (Å²) in [5.74, 6) is -1.07.